The van der Waals surface area contributed by atoms with Crippen molar-refractivity contribution in [1.29, 1.82) is 0 Å². The second-order valence-electron chi connectivity index (χ2n) is 3.61. The van der Waals surface area contributed by atoms with E-state index in [0.717, 1.165) is 12.8 Å². The maximum Gasteiger partial charge on any atom is 0.168 e. The molecule has 0 radical (unpaired) electrons. The molecule has 2 nitrogen and oxygen atoms in total. The standard InChI is InChI=1S/C11H10BrFO2/c1-15-11-8(12)4-7(5-9(11)13)10(14)6-2-3-6/h4-6H,2-3H2,1H3. The quantitative estimate of drug-likeness (QED) is 0.790. The van der Waals surface area contributed by atoms with Crippen LogP contribution in [-0.2, 0) is 0 Å². The van der Waals surface area contributed by atoms with Gasteiger partial charge in [-0.2, -0.15) is 0 Å². The number of carbonyl (C=O) groups excluding carboxylic acids is 1. The van der Waals surface area contributed by atoms with Gasteiger partial charge in [0.15, 0.2) is 17.3 Å². The summed E-state index contributed by atoms with van der Waals surface area (Å²) in [6.07, 6.45) is 1.84. The first-order valence-corrected chi connectivity index (χ1v) is 5.50. The number of Topliss-reactive ketones (excluding diaryl/α,β-unsaturated/α-hetero) is 1. The molecule has 2 rings (SSSR count). The van der Waals surface area contributed by atoms with Crippen molar-refractivity contribution >= 4 is 21.7 Å². The van der Waals surface area contributed by atoms with Crippen LogP contribution in [0.25, 0.3) is 0 Å². The fraction of sp³-hybridized carbons (Fsp3) is 0.364. The maximum atomic E-state index is 13.4. The molecule has 0 spiro atoms. The fourth-order valence-electron chi connectivity index (χ4n) is 1.48. The highest BCUT2D eigenvalue weighted by molar-refractivity contribution is 9.10. The molecule has 0 aliphatic heterocycles. The van der Waals surface area contributed by atoms with Gasteiger partial charge in [-0.25, -0.2) is 4.39 Å². The first-order valence-electron chi connectivity index (χ1n) is 4.70. The highest BCUT2D eigenvalue weighted by Gasteiger charge is 2.31. The highest BCUT2D eigenvalue weighted by Crippen LogP contribution is 2.35. The van der Waals surface area contributed by atoms with Crippen LogP contribution in [0.3, 0.4) is 0 Å². The summed E-state index contributed by atoms with van der Waals surface area (Å²) < 4.78 is 18.8. The Morgan fingerprint density at radius 3 is 2.67 bits per heavy atom. The largest absolute Gasteiger partial charge is 0.492 e. The summed E-state index contributed by atoms with van der Waals surface area (Å²) in [4.78, 5) is 11.7. The van der Waals surface area contributed by atoms with Crippen LogP contribution in [0.2, 0.25) is 0 Å². The zero-order valence-electron chi connectivity index (χ0n) is 8.22. The lowest BCUT2D eigenvalue weighted by molar-refractivity contribution is 0.0967. The van der Waals surface area contributed by atoms with Crippen molar-refractivity contribution in [3.8, 4) is 5.75 Å². The number of halogens is 2. The number of hydrogen-bond acceptors (Lipinski definition) is 2. The van der Waals surface area contributed by atoms with Crippen molar-refractivity contribution in [2.45, 2.75) is 12.8 Å². The minimum absolute atomic E-state index is 0.0252. The van der Waals surface area contributed by atoms with E-state index in [1.54, 1.807) is 6.07 Å². The van der Waals surface area contributed by atoms with Gasteiger partial charge in [0.25, 0.3) is 0 Å². The summed E-state index contributed by atoms with van der Waals surface area (Å²) in [5, 5.41) is 0. The summed E-state index contributed by atoms with van der Waals surface area (Å²) in [6.45, 7) is 0. The fourth-order valence-corrected chi connectivity index (χ4v) is 2.08. The Hall–Kier alpha value is -0.900. The molecule has 1 aromatic carbocycles. The Kier molecular flexibility index (Phi) is 2.78. The second-order valence-corrected chi connectivity index (χ2v) is 4.47. The molecule has 1 fully saturated rings. The SMILES string of the molecule is COc1c(F)cc(C(=O)C2CC2)cc1Br. The van der Waals surface area contributed by atoms with Crippen LogP contribution in [0.15, 0.2) is 16.6 Å². The average molecular weight is 273 g/mol. The van der Waals surface area contributed by atoms with Crippen molar-refractivity contribution in [2.75, 3.05) is 7.11 Å². The van der Waals surface area contributed by atoms with Gasteiger partial charge in [0.2, 0.25) is 0 Å². The Morgan fingerprint density at radius 2 is 2.20 bits per heavy atom. The van der Waals surface area contributed by atoms with Gasteiger partial charge in [-0.1, -0.05) is 0 Å². The number of ketones is 1. The molecule has 1 aliphatic rings. The molecule has 15 heavy (non-hydrogen) atoms. The second kappa shape index (κ2) is 3.93. The lowest BCUT2D eigenvalue weighted by Gasteiger charge is -2.06. The van der Waals surface area contributed by atoms with Crippen molar-refractivity contribution < 1.29 is 13.9 Å². The first kappa shape index (κ1) is 10.6. The van der Waals surface area contributed by atoms with Crippen LogP contribution in [0.4, 0.5) is 4.39 Å². The van der Waals surface area contributed by atoms with E-state index in [4.69, 9.17) is 4.74 Å². The minimum atomic E-state index is -0.504. The molecular formula is C11H10BrFO2. The maximum absolute atomic E-state index is 13.4. The highest BCUT2D eigenvalue weighted by atomic mass is 79.9. The number of ether oxygens (including phenoxy) is 1. The lowest BCUT2D eigenvalue weighted by Crippen LogP contribution is -2.03. The van der Waals surface area contributed by atoms with Crippen LogP contribution in [-0.4, -0.2) is 12.9 Å². The van der Waals surface area contributed by atoms with Gasteiger partial charge in [0, 0.05) is 11.5 Å². The Labute approximate surface area is 95.6 Å². The smallest absolute Gasteiger partial charge is 0.168 e. The average Bonchev–Trinajstić information content (AvgIpc) is 2.99. The number of hydrogen-bond donors (Lipinski definition) is 0. The number of rotatable bonds is 3. The molecule has 1 saturated carbocycles. The zero-order chi connectivity index (χ0) is 11.0. The van der Waals surface area contributed by atoms with Crippen LogP contribution >= 0.6 is 15.9 Å². The summed E-state index contributed by atoms with van der Waals surface area (Å²) in [7, 11) is 1.39. The molecule has 0 atom stereocenters. The third-order valence-electron chi connectivity index (χ3n) is 2.44. The third kappa shape index (κ3) is 2.04. The molecule has 1 aliphatic carbocycles. The van der Waals surface area contributed by atoms with Crippen molar-refractivity contribution in [2.24, 2.45) is 5.92 Å². The predicted molar refractivity (Wildman–Crippen MR) is 57.7 cm³/mol. The lowest BCUT2D eigenvalue weighted by atomic mass is 10.1. The zero-order valence-corrected chi connectivity index (χ0v) is 9.80. The third-order valence-corrected chi connectivity index (χ3v) is 3.02. The number of carbonyl (C=O) groups is 1. The van der Waals surface area contributed by atoms with Crippen molar-refractivity contribution in [1.82, 2.24) is 0 Å². The predicted octanol–water partition coefficient (Wildman–Crippen LogP) is 3.19. The van der Waals surface area contributed by atoms with Crippen LogP contribution in [0.5, 0.6) is 5.75 Å². The van der Waals surface area contributed by atoms with Gasteiger partial charge >= 0.3 is 0 Å². The Balaban J connectivity index is 2.37. The van der Waals surface area contributed by atoms with Gasteiger partial charge in [-0.05, 0) is 40.9 Å². The monoisotopic (exact) mass is 272 g/mol. The van der Waals surface area contributed by atoms with Crippen LogP contribution in [0, 0.1) is 11.7 Å². The molecule has 0 aromatic heterocycles. The van der Waals surface area contributed by atoms with E-state index in [2.05, 4.69) is 15.9 Å². The van der Waals surface area contributed by atoms with Crippen LogP contribution in [0.1, 0.15) is 23.2 Å². The molecule has 0 unspecified atom stereocenters. The van der Waals surface area contributed by atoms with Gasteiger partial charge in [-0.3, -0.25) is 4.79 Å². The summed E-state index contributed by atoms with van der Waals surface area (Å²) in [5.41, 5.74) is 0.419. The molecule has 0 saturated heterocycles. The molecule has 4 heteroatoms. The topological polar surface area (TPSA) is 26.3 Å². The molecule has 1 aromatic rings. The molecular weight excluding hydrogens is 263 g/mol. The normalized spacial score (nSPS) is 15.1. The number of benzene rings is 1. The summed E-state index contributed by atoms with van der Waals surface area (Å²) in [6, 6.07) is 2.85. The van der Waals surface area contributed by atoms with Gasteiger partial charge in [0.1, 0.15) is 0 Å². The van der Waals surface area contributed by atoms with Crippen molar-refractivity contribution in [3.63, 3.8) is 0 Å². The van der Waals surface area contributed by atoms with E-state index in [1.165, 1.54) is 13.2 Å². The Morgan fingerprint density at radius 1 is 1.53 bits per heavy atom. The molecule has 80 valence electrons. The molecule has 0 N–H and O–H groups in total. The van der Waals surface area contributed by atoms with Gasteiger partial charge in [-0.15, -0.1) is 0 Å². The van der Waals surface area contributed by atoms with Gasteiger partial charge in [0.05, 0.1) is 11.6 Å². The van der Waals surface area contributed by atoms with E-state index in [-0.39, 0.29) is 17.5 Å². The van der Waals surface area contributed by atoms with E-state index in [9.17, 15) is 9.18 Å². The van der Waals surface area contributed by atoms with E-state index >= 15 is 0 Å². The summed E-state index contributed by atoms with van der Waals surface area (Å²) >= 11 is 3.18. The van der Waals surface area contributed by atoms with Crippen LogP contribution < -0.4 is 4.74 Å². The van der Waals surface area contributed by atoms with E-state index in [1.807, 2.05) is 0 Å². The Bertz CT molecular complexity index is 390. The summed E-state index contributed by atoms with van der Waals surface area (Å²) in [5.74, 6) is -0.236. The first-order chi connectivity index (χ1) is 7.13. The minimum Gasteiger partial charge on any atom is -0.492 e. The molecule has 0 amide bonds. The van der Waals surface area contributed by atoms with E-state index < -0.39 is 5.82 Å². The molecule has 0 bridgehead atoms. The van der Waals surface area contributed by atoms with Gasteiger partial charge < -0.3 is 4.74 Å². The van der Waals surface area contributed by atoms with E-state index in [0.29, 0.717) is 10.0 Å². The van der Waals surface area contributed by atoms with Crippen molar-refractivity contribution in [3.05, 3.63) is 28.0 Å². The molecule has 0 heterocycles. The number of methoxy groups -OCH3 is 1.